The molecule has 0 radical (unpaired) electrons. The summed E-state index contributed by atoms with van der Waals surface area (Å²) in [5, 5.41) is 3.00. The molecule has 2 aromatic carbocycles. The van der Waals surface area contributed by atoms with Gasteiger partial charge in [0.2, 0.25) is 11.6 Å². The average Bonchev–Trinajstić information content (AvgIpc) is 2.78. The van der Waals surface area contributed by atoms with Crippen molar-refractivity contribution in [2.75, 3.05) is 24.1 Å². The van der Waals surface area contributed by atoms with Gasteiger partial charge in [0.15, 0.2) is 0 Å². The molecule has 162 valence electrons. The van der Waals surface area contributed by atoms with Crippen molar-refractivity contribution in [3.05, 3.63) is 95.4 Å². The molecule has 1 heterocycles. The average molecular weight is 449 g/mol. The van der Waals surface area contributed by atoms with Crippen LogP contribution in [0.15, 0.2) is 89.2 Å². The standard InChI is InChI=1S/C23H20N4O4S/c1-27(2)21-20(22(28)17-7-3-4-8-18(17)23(21)29)25-15-10-12-16(13-11-15)32(30,31)26-19-9-5-6-14-24-19/h3-14,25H,1-2H3,(H,24,26). The fraction of sp³-hybridized carbons (Fsp3) is 0.0870. The molecule has 0 fully saturated rings. The van der Waals surface area contributed by atoms with E-state index in [0.29, 0.717) is 16.8 Å². The van der Waals surface area contributed by atoms with Crippen LogP contribution in [0.4, 0.5) is 11.5 Å². The molecule has 1 aliphatic rings. The minimum Gasteiger partial charge on any atom is -0.373 e. The van der Waals surface area contributed by atoms with Crippen LogP contribution in [0.2, 0.25) is 0 Å². The van der Waals surface area contributed by atoms with E-state index in [1.807, 2.05) is 0 Å². The second kappa shape index (κ2) is 8.27. The number of likely N-dealkylation sites (N-methyl/N-ethyl adjacent to an activating group) is 1. The number of carbonyl (C=O) groups excluding carboxylic acids is 2. The molecule has 0 spiro atoms. The number of aromatic nitrogens is 1. The molecular weight excluding hydrogens is 428 g/mol. The van der Waals surface area contributed by atoms with Crippen molar-refractivity contribution < 1.29 is 18.0 Å². The topological polar surface area (TPSA) is 108 Å². The third-order valence-electron chi connectivity index (χ3n) is 4.88. The van der Waals surface area contributed by atoms with E-state index in [-0.39, 0.29) is 33.7 Å². The Balaban J connectivity index is 1.63. The van der Waals surface area contributed by atoms with Crippen molar-refractivity contribution in [2.24, 2.45) is 0 Å². The number of Topliss-reactive ketones (excluding diaryl/α,β-unsaturated/α-hetero) is 2. The van der Waals surface area contributed by atoms with Crippen molar-refractivity contribution in [1.29, 1.82) is 0 Å². The van der Waals surface area contributed by atoms with Crippen LogP contribution < -0.4 is 10.0 Å². The summed E-state index contributed by atoms with van der Waals surface area (Å²) in [4.78, 5) is 31.7. The maximum atomic E-state index is 13.1. The Kier molecular flexibility index (Phi) is 5.50. The fourth-order valence-corrected chi connectivity index (χ4v) is 4.39. The predicted octanol–water partition coefficient (Wildman–Crippen LogP) is 3.15. The second-order valence-corrected chi connectivity index (χ2v) is 8.97. The van der Waals surface area contributed by atoms with E-state index in [2.05, 4.69) is 15.0 Å². The monoisotopic (exact) mass is 448 g/mol. The first-order valence-corrected chi connectivity index (χ1v) is 11.2. The summed E-state index contributed by atoms with van der Waals surface area (Å²) in [5.74, 6) is -0.357. The van der Waals surface area contributed by atoms with Crippen molar-refractivity contribution >= 4 is 33.1 Å². The van der Waals surface area contributed by atoms with Gasteiger partial charge >= 0.3 is 0 Å². The summed E-state index contributed by atoms with van der Waals surface area (Å²) in [6.45, 7) is 0. The Bertz CT molecular complexity index is 1330. The van der Waals surface area contributed by atoms with Gasteiger partial charge in [0.25, 0.3) is 10.0 Å². The number of fused-ring (bicyclic) bond motifs is 1. The molecule has 0 saturated heterocycles. The van der Waals surface area contributed by atoms with E-state index in [9.17, 15) is 18.0 Å². The summed E-state index contributed by atoms with van der Waals surface area (Å²) in [5.41, 5.74) is 1.53. The third kappa shape index (κ3) is 3.97. The number of ketones is 2. The van der Waals surface area contributed by atoms with Gasteiger partial charge in [0.05, 0.1) is 4.90 Å². The van der Waals surface area contributed by atoms with Crippen LogP contribution in [0.5, 0.6) is 0 Å². The number of hydrogen-bond donors (Lipinski definition) is 2. The van der Waals surface area contributed by atoms with Crippen LogP contribution in [-0.2, 0) is 10.0 Å². The van der Waals surface area contributed by atoms with E-state index in [4.69, 9.17) is 0 Å². The first-order chi connectivity index (χ1) is 15.3. The Labute approximate surface area is 185 Å². The Hall–Kier alpha value is -3.98. The third-order valence-corrected chi connectivity index (χ3v) is 6.25. The van der Waals surface area contributed by atoms with Gasteiger partial charge in [0, 0.05) is 37.1 Å². The lowest BCUT2D eigenvalue weighted by atomic mass is 9.89. The number of anilines is 2. The second-order valence-electron chi connectivity index (χ2n) is 7.29. The molecule has 0 saturated carbocycles. The molecule has 32 heavy (non-hydrogen) atoms. The highest BCUT2D eigenvalue weighted by Gasteiger charge is 2.33. The zero-order valence-corrected chi connectivity index (χ0v) is 18.2. The van der Waals surface area contributed by atoms with Crippen molar-refractivity contribution in [3.63, 3.8) is 0 Å². The Morgan fingerprint density at radius 3 is 2.03 bits per heavy atom. The van der Waals surface area contributed by atoms with Crippen LogP contribution in [0, 0.1) is 0 Å². The lowest BCUT2D eigenvalue weighted by Gasteiger charge is -2.26. The molecule has 2 N–H and O–H groups in total. The van der Waals surface area contributed by atoms with E-state index in [1.54, 1.807) is 61.5 Å². The Morgan fingerprint density at radius 2 is 1.44 bits per heavy atom. The lowest BCUT2D eigenvalue weighted by Crippen LogP contribution is -2.32. The highest BCUT2D eigenvalue weighted by Crippen LogP contribution is 2.29. The summed E-state index contributed by atoms with van der Waals surface area (Å²) in [6.07, 6.45) is 1.49. The van der Waals surface area contributed by atoms with E-state index in [0.717, 1.165) is 0 Å². The van der Waals surface area contributed by atoms with E-state index >= 15 is 0 Å². The number of benzene rings is 2. The highest BCUT2D eigenvalue weighted by molar-refractivity contribution is 7.92. The molecule has 3 aromatic rings. The van der Waals surface area contributed by atoms with Gasteiger partial charge in [-0.3, -0.25) is 14.3 Å². The maximum absolute atomic E-state index is 13.1. The van der Waals surface area contributed by atoms with Gasteiger partial charge in [0.1, 0.15) is 17.2 Å². The zero-order chi connectivity index (χ0) is 22.9. The number of hydrogen-bond acceptors (Lipinski definition) is 7. The van der Waals surface area contributed by atoms with Crippen molar-refractivity contribution in [2.45, 2.75) is 4.90 Å². The highest BCUT2D eigenvalue weighted by atomic mass is 32.2. The van der Waals surface area contributed by atoms with E-state index in [1.165, 1.54) is 30.5 Å². The van der Waals surface area contributed by atoms with Crippen LogP contribution in [0.1, 0.15) is 20.7 Å². The van der Waals surface area contributed by atoms with Crippen LogP contribution in [0.25, 0.3) is 0 Å². The summed E-state index contributed by atoms with van der Waals surface area (Å²) in [6, 6.07) is 17.5. The van der Waals surface area contributed by atoms with Crippen molar-refractivity contribution in [3.8, 4) is 0 Å². The van der Waals surface area contributed by atoms with Gasteiger partial charge in [-0.15, -0.1) is 0 Å². The molecular formula is C23H20N4O4S. The molecule has 0 atom stereocenters. The largest absolute Gasteiger partial charge is 0.373 e. The molecule has 1 aliphatic carbocycles. The normalized spacial score (nSPS) is 13.6. The van der Waals surface area contributed by atoms with Crippen LogP contribution in [0.3, 0.4) is 0 Å². The number of carbonyl (C=O) groups is 2. The van der Waals surface area contributed by atoms with Gasteiger partial charge in [-0.2, -0.15) is 0 Å². The van der Waals surface area contributed by atoms with Gasteiger partial charge in [-0.05, 0) is 36.4 Å². The summed E-state index contributed by atoms with van der Waals surface area (Å²) < 4.78 is 27.6. The van der Waals surface area contributed by atoms with Crippen molar-refractivity contribution in [1.82, 2.24) is 9.88 Å². The van der Waals surface area contributed by atoms with Gasteiger partial charge in [-0.25, -0.2) is 13.4 Å². The zero-order valence-electron chi connectivity index (χ0n) is 17.4. The number of rotatable bonds is 6. The SMILES string of the molecule is CN(C)C1=C(Nc2ccc(S(=O)(=O)Nc3ccccn3)cc2)C(=O)c2ccccc2C1=O. The molecule has 0 amide bonds. The van der Waals surface area contributed by atoms with Gasteiger partial charge < -0.3 is 10.2 Å². The Morgan fingerprint density at radius 1 is 0.812 bits per heavy atom. The predicted molar refractivity (Wildman–Crippen MR) is 121 cm³/mol. The van der Waals surface area contributed by atoms with Crippen LogP contribution in [-0.4, -0.2) is 44.0 Å². The first-order valence-electron chi connectivity index (χ1n) is 9.69. The minimum absolute atomic E-state index is 0.0342. The molecule has 4 rings (SSSR count). The van der Waals surface area contributed by atoms with Crippen LogP contribution >= 0.6 is 0 Å². The number of nitrogens with one attached hydrogen (secondary N) is 2. The summed E-state index contributed by atoms with van der Waals surface area (Å²) in [7, 11) is -0.449. The molecule has 0 unspecified atom stereocenters. The number of sulfonamides is 1. The molecule has 0 bridgehead atoms. The maximum Gasteiger partial charge on any atom is 0.263 e. The molecule has 8 nitrogen and oxygen atoms in total. The molecule has 0 aliphatic heterocycles. The van der Waals surface area contributed by atoms with Gasteiger partial charge in [-0.1, -0.05) is 30.3 Å². The minimum atomic E-state index is -3.83. The number of nitrogens with zero attached hydrogens (tertiary/aromatic N) is 2. The lowest BCUT2D eigenvalue weighted by molar-refractivity contribution is 0.0953. The smallest absolute Gasteiger partial charge is 0.263 e. The molecule has 1 aromatic heterocycles. The molecule has 9 heteroatoms. The summed E-state index contributed by atoms with van der Waals surface area (Å²) >= 11 is 0. The first kappa shape index (κ1) is 21.3. The fourth-order valence-electron chi connectivity index (χ4n) is 3.39. The number of pyridine rings is 1. The van der Waals surface area contributed by atoms with E-state index < -0.39 is 10.0 Å². The number of allylic oxidation sites excluding steroid dienone is 2. The quantitative estimate of drug-likeness (QED) is 0.596.